The molecule has 4 heteroatoms. The molecule has 4 nitrogen and oxygen atoms in total. The van der Waals surface area contributed by atoms with E-state index in [9.17, 15) is 4.79 Å². The van der Waals surface area contributed by atoms with Gasteiger partial charge in [-0.2, -0.15) is 0 Å². The zero-order valence-corrected chi connectivity index (χ0v) is 10.1. The van der Waals surface area contributed by atoms with Crippen LogP contribution in [0, 0.1) is 6.92 Å². The largest absolute Gasteiger partial charge is 0.328 e. The van der Waals surface area contributed by atoms with Gasteiger partial charge in [0.2, 0.25) is 0 Å². The Labute approximate surface area is 102 Å². The molecule has 1 aliphatic rings. The second-order valence-corrected chi connectivity index (χ2v) is 4.57. The van der Waals surface area contributed by atoms with Gasteiger partial charge >= 0.3 is 6.03 Å². The van der Waals surface area contributed by atoms with E-state index in [-0.39, 0.29) is 12.1 Å². The van der Waals surface area contributed by atoms with Gasteiger partial charge in [0.25, 0.3) is 0 Å². The molecule has 2 amide bonds. The molecule has 1 aromatic carbocycles. The van der Waals surface area contributed by atoms with Gasteiger partial charge in [0.1, 0.15) is 0 Å². The van der Waals surface area contributed by atoms with Crippen LogP contribution >= 0.6 is 0 Å². The van der Waals surface area contributed by atoms with Crippen LogP contribution in [0.25, 0.3) is 0 Å². The van der Waals surface area contributed by atoms with Crippen molar-refractivity contribution >= 4 is 11.7 Å². The molecule has 0 radical (unpaired) electrons. The normalized spacial score (nSPS) is 16.9. The minimum Gasteiger partial charge on any atom is -0.328 e. The number of nitrogens with zero attached hydrogens (tertiary/aromatic N) is 1. The summed E-state index contributed by atoms with van der Waals surface area (Å²) in [5.74, 6) is 0. The number of hydrogen-bond donors (Lipinski definition) is 2. The SMILES string of the molecule is Cc1ccccc1NC(=O)N1CCC(N)CC1. The van der Waals surface area contributed by atoms with Gasteiger partial charge in [-0.3, -0.25) is 0 Å². The van der Waals surface area contributed by atoms with E-state index in [1.165, 1.54) is 0 Å². The van der Waals surface area contributed by atoms with E-state index in [0.717, 1.165) is 37.2 Å². The number of likely N-dealkylation sites (tertiary alicyclic amines) is 1. The molecule has 0 spiro atoms. The van der Waals surface area contributed by atoms with Gasteiger partial charge < -0.3 is 16.0 Å². The highest BCUT2D eigenvalue weighted by atomic mass is 16.2. The minimum absolute atomic E-state index is 0.0220. The standard InChI is InChI=1S/C13H19N3O/c1-10-4-2-3-5-12(10)15-13(17)16-8-6-11(14)7-9-16/h2-5,11H,6-9,14H2,1H3,(H,15,17). The average Bonchev–Trinajstić information content (AvgIpc) is 2.33. The number of urea groups is 1. The Hall–Kier alpha value is -1.55. The maximum Gasteiger partial charge on any atom is 0.321 e. The lowest BCUT2D eigenvalue weighted by atomic mass is 10.1. The van der Waals surface area contributed by atoms with Gasteiger partial charge in [-0.25, -0.2) is 4.79 Å². The fraction of sp³-hybridized carbons (Fsp3) is 0.462. The molecule has 1 saturated heterocycles. The smallest absolute Gasteiger partial charge is 0.321 e. The molecule has 1 aromatic rings. The first kappa shape index (κ1) is 11.9. The predicted octanol–water partition coefficient (Wildman–Crippen LogP) is 1.95. The molecule has 1 heterocycles. The number of para-hydroxylation sites is 1. The van der Waals surface area contributed by atoms with E-state index < -0.39 is 0 Å². The summed E-state index contributed by atoms with van der Waals surface area (Å²) in [7, 11) is 0. The first-order valence-corrected chi connectivity index (χ1v) is 6.04. The van der Waals surface area contributed by atoms with Crippen molar-refractivity contribution in [2.24, 2.45) is 5.73 Å². The zero-order valence-electron chi connectivity index (χ0n) is 10.1. The molecule has 17 heavy (non-hydrogen) atoms. The number of carbonyl (C=O) groups is 1. The Kier molecular flexibility index (Phi) is 3.64. The monoisotopic (exact) mass is 233 g/mol. The highest BCUT2D eigenvalue weighted by Gasteiger charge is 2.20. The van der Waals surface area contributed by atoms with Crippen LogP contribution in [0.15, 0.2) is 24.3 Å². The molecular formula is C13H19N3O. The Morgan fingerprint density at radius 2 is 2.00 bits per heavy atom. The number of aryl methyl sites for hydroxylation is 1. The Bertz CT molecular complexity index is 397. The number of hydrogen-bond acceptors (Lipinski definition) is 2. The fourth-order valence-electron chi connectivity index (χ4n) is 2.01. The molecule has 2 rings (SSSR count). The van der Waals surface area contributed by atoms with Crippen LogP contribution in [0.4, 0.5) is 10.5 Å². The lowest BCUT2D eigenvalue weighted by Crippen LogP contribution is -2.44. The van der Waals surface area contributed by atoms with Crippen LogP contribution in [0.1, 0.15) is 18.4 Å². The topological polar surface area (TPSA) is 58.4 Å². The molecule has 0 saturated carbocycles. The maximum atomic E-state index is 12.0. The highest BCUT2D eigenvalue weighted by molar-refractivity contribution is 5.90. The quantitative estimate of drug-likeness (QED) is 0.779. The maximum absolute atomic E-state index is 12.0. The summed E-state index contributed by atoms with van der Waals surface area (Å²) in [5, 5.41) is 2.94. The van der Waals surface area contributed by atoms with E-state index in [0.29, 0.717) is 0 Å². The summed E-state index contributed by atoms with van der Waals surface area (Å²) in [4.78, 5) is 13.8. The number of amides is 2. The molecular weight excluding hydrogens is 214 g/mol. The highest BCUT2D eigenvalue weighted by Crippen LogP contribution is 2.15. The molecule has 1 fully saturated rings. The first-order chi connectivity index (χ1) is 8.16. The third-order valence-electron chi connectivity index (χ3n) is 3.21. The number of anilines is 1. The van der Waals surface area contributed by atoms with Crippen molar-refractivity contribution in [3.8, 4) is 0 Å². The molecule has 92 valence electrons. The third-order valence-corrected chi connectivity index (χ3v) is 3.21. The van der Waals surface area contributed by atoms with Crippen LogP contribution in [0.5, 0.6) is 0 Å². The van der Waals surface area contributed by atoms with Crippen molar-refractivity contribution in [1.82, 2.24) is 4.90 Å². The van der Waals surface area contributed by atoms with Crippen molar-refractivity contribution < 1.29 is 4.79 Å². The lowest BCUT2D eigenvalue weighted by molar-refractivity contribution is 0.195. The van der Waals surface area contributed by atoms with Crippen molar-refractivity contribution in [3.63, 3.8) is 0 Å². The lowest BCUT2D eigenvalue weighted by Gasteiger charge is -2.30. The van der Waals surface area contributed by atoms with E-state index in [1.54, 1.807) is 0 Å². The van der Waals surface area contributed by atoms with Gasteiger partial charge in [-0.05, 0) is 31.4 Å². The Morgan fingerprint density at radius 1 is 1.35 bits per heavy atom. The number of carbonyl (C=O) groups excluding carboxylic acids is 1. The van der Waals surface area contributed by atoms with Gasteiger partial charge in [0.05, 0.1) is 0 Å². The summed E-state index contributed by atoms with van der Waals surface area (Å²) < 4.78 is 0. The molecule has 0 unspecified atom stereocenters. The average molecular weight is 233 g/mol. The van der Waals surface area contributed by atoms with E-state index in [4.69, 9.17) is 5.73 Å². The van der Waals surface area contributed by atoms with Crippen molar-refractivity contribution in [1.29, 1.82) is 0 Å². The number of piperidine rings is 1. The summed E-state index contributed by atoms with van der Waals surface area (Å²) in [5.41, 5.74) is 7.78. The van der Waals surface area contributed by atoms with E-state index in [2.05, 4.69) is 5.32 Å². The van der Waals surface area contributed by atoms with E-state index >= 15 is 0 Å². The number of rotatable bonds is 1. The second-order valence-electron chi connectivity index (χ2n) is 4.57. The summed E-state index contributed by atoms with van der Waals surface area (Å²) in [6.45, 7) is 3.49. The first-order valence-electron chi connectivity index (χ1n) is 6.04. The summed E-state index contributed by atoms with van der Waals surface area (Å²) in [6, 6.07) is 8.02. The van der Waals surface area contributed by atoms with Gasteiger partial charge in [-0.15, -0.1) is 0 Å². The van der Waals surface area contributed by atoms with Gasteiger partial charge in [0, 0.05) is 24.8 Å². The molecule has 0 bridgehead atoms. The van der Waals surface area contributed by atoms with Crippen LogP contribution in [-0.2, 0) is 0 Å². The Morgan fingerprint density at radius 3 is 2.65 bits per heavy atom. The Balaban J connectivity index is 1.95. The summed E-state index contributed by atoms with van der Waals surface area (Å²) >= 11 is 0. The van der Waals surface area contributed by atoms with Gasteiger partial charge in [-0.1, -0.05) is 18.2 Å². The van der Waals surface area contributed by atoms with Crippen molar-refractivity contribution in [2.75, 3.05) is 18.4 Å². The fourth-order valence-corrected chi connectivity index (χ4v) is 2.01. The molecule has 3 N–H and O–H groups in total. The van der Waals surface area contributed by atoms with Crippen LogP contribution in [0.2, 0.25) is 0 Å². The second kappa shape index (κ2) is 5.19. The van der Waals surface area contributed by atoms with Crippen molar-refractivity contribution in [2.45, 2.75) is 25.8 Å². The number of benzene rings is 1. The molecule has 0 aliphatic carbocycles. The molecule has 0 atom stereocenters. The number of nitrogens with one attached hydrogen (secondary N) is 1. The van der Waals surface area contributed by atoms with Crippen molar-refractivity contribution in [3.05, 3.63) is 29.8 Å². The predicted molar refractivity (Wildman–Crippen MR) is 69.0 cm³/mol. The molecule has 1 aliphatic heterocycles. The minimum atomic E-state index is -0.0220. The van der Waals surface area contributed by atoms with Crippen LogP contribution in [0.3, 0.4) is 0 Å². The van der Waals surface area contributed by atoms with Crippen LogP contribution in [-0.4, -0.2) is 30.1 Å². The number of nitrogens with two attached hydrogens (primary N) is 1. The zero-order chi connectivity index (χ0) is 12.3. The van der Waals surface area contributed by atoms with E-state index in [1.807, 2.05) is 36.1 Å². The third kappa shape index (κ3) is 2.97. The van der Waals surface area contributed by atoms with Gasteiger partial charge in [0.15, 0.2) is 0 Å². The van der Waals surface area contributed by atoms with Crippen LogP contribution < -0.4 is 11.1 Å². The summed E-state index contributed by atoms with van der Waals surface area (Å²) in [6.07, 6.45) is 1.78. The molecule has 0 aromatic heterocycles.